The van der Waals surface area contributed by atoms with E-state index in [2.05, 4.69) is 15.4 Å². The van der Waals surface area contributed by atoms with Crippen molar-refractivity contribution < 1.29 is 4.79 Å². The van der Waals surface area contributed by atoms with Crippen molar-refractivity contribution in [2.75, 3.05) is 5.32 Å². The maximum Gasteiger partial charge on any atom is 0.223 e. The summed E-state index contributed by atoms with van der Waals surface area (Å²) in [7, 11) is 0. The number of rotatable bonds is 5. The summed E-state index contributed by atoms with van der Waals surface area (Å²) in [6.45, 7) is 0. The van der Waals surface area contributed by atoms with Crippen LogP contribution >= 0.6 is 0 Å². The van der Waals surface area contributed by atoms with Crippen LogP contribution in [0.15, 0.2) is 60.8 Å². The van der Waals surface area contributed by atoms with E-state index >= 15 is 0 Å². The third-order valence-electron chi connectivity index (χ3n) is 3.01. The van der Waals surface area contributed by atoms with Crippen LogP contribution in [-0.2, 0) is 0 Å². The highest BCUT2D eigenvalue weighted by Crippen LogP contribution is 2.20. The van der Waals surface area contributed by atoms with Crippen molar-refractivity contribution in [3.63, 3.8) is 0 Å². The Morgan fingerprint density at radius 2 is 1.91 bits per heavy atom. The van der Waals surface area contributed by atoms with Gasteiger partial charge in [-0.05, 0) is 24.3 Å². The quantitative estimate of drug-likeness (QED) is 0.559. The topological polar surface area (TPSA) is 83.7 Å². The number of anilines is 2. The number of hydrogen-bond donors (Lipinski definition) is 2. The van der Waals surface area contributed by atoms with Crippen LogP contribution < -0.4 is 5.32 Å². The van der Waals surface area contributed by atoms with E-state index in [4.69, 9.17) is 5.41 Å². The fourth-order valence-corrected chi connectivity index (χ4v) is 2.00. The summed E-state index contributed by atoms with van der Waals surface area (Å²) in [4.78, 5) is 15.9. The molecule has 0 atom stereocenters. The molecule has 108 valence electrons. The van der Waals surface area contributed by atoms with E-state index in [1.54, 1.807) is 16.9 Å². The van der Waals surface area contributed by atoms with Gasteiger partial charge < -0.3 is 10.7 Å². The maximum absolute atomic E-state index is 11.7. The molecule has 0 aliphatic carbocycles. The second kappa shape index (κ2) is 6.01. The first-order valence-corrected chi connectivity index (χ1v) is 6.66. The number of carbonyl (C=O) groups is 1. The molecule has 0 radical (unpaired) electrons. The Morgan fingerprint density at radius 1 is 1.14 bits per heavy atom. The lowest BCUT2D eigenvalue weighted by Crippen LogP contribution is -2.04. The van der Waals surface area contributed by atoms with E-state index in [0.29, 0.717) is 11.6 Å². The largest absolute Gasteiger partial charge is 0.325 e. The molecule has 2 heterocycles. The Hall–Kier alpha value is -3.28. The number of Topliss-reactive ketones (excluding diaryl/α,β-unsaturated/α-hetero) is 1. The van der Waals surface area contributed by atoms with Crippen molar-refractivity contribution in [2.24, 2.45) is 0 Å². The molecule has 0 fully saturated rings. The molecule has 0 saturated heterocycles. The first-order valence-electron chi connectivity index (χ1n) is 6.66. The average molecular weight is 291 g/mol. The number of benzene rings is 1. The van der Waals surface area contributed by atoms with E-state index in [0.717, 1.165) is 11.9 Å². The van der Waals surface area contributed by atoms with Gasteiger partial charge in [0.05, 0.1) is 11.9 Å². The Morgan fingerprint density at radius 3 is 2.59 bits per heavy atom. The minimum Gasteiger partial charge on any atom is -0.325 e. The summed E-state index contributed by atoms with van der Waals surface area (Å²) in [6.07, 6.45) is 2.43. The van der Waals surface area contributed by atoms with Crippen LogP contribution in [0, 0.1) is 5.41 Å². The van der Waals surface area contributed by atoms with Crippen molar-refractivity contribution in [3.05, 3.63) is 66.5 Å². The summed E-state index contributed by atoms with van der Waals surface area (Å²) in [5.41, 5.74) is 1.02. The van der Waals surface area contributed by atoms with Gasteiger partial charge in [-0.25, -0.2) is 9.67 Å². The van der Waals surface area contributed by atoms with Crippen LogP contribution in [0.2, 0.25) is 0 Å². The minimum absolute atomic E-state index is 0.206. The Balaban J connectivity index is 2.05. The van der Waals surface area contributed by atoms with Crippen LogP contribution in [0.4, 0.5) is 11.6 Å². The molecule has 0 saturated carbocycles. The molecule has 0 unspecified atom stereocenters. The molecule has 3 rings (SSSR count). The second-order valence-corrected chi connectivity index (χ2v) is 4.51. The summed E-state index contributed by atoms with van der Waals surface area (Å²) in [5.74, 6) is 0.808. The van der Waals surface area contributed by atoms with Gasteiger partial charge in [0.1, 0.15) is 17.3 Å². The molecule has 2 N–H and O–H groups in total. The molecule has 6 nitrogen and oxygen atoms in total. The highest BCUT2D eigenvalue weighted by atomic mass is 16.1. The molecule has 0 aliphatic heterocycles. The molecule has 22 heavy (non-hydrogen) atoms. The number of carbonyl (C=O) groups excluding carboxylic acids is 1. The highest BCUT2D eigenvalue weighted by molar-refractivity contribution is 6.33. The number of nitrogens with one attached hydrogen (secondary N) is 2. The molecular weight excluding hydrogens is 278 g/mol. The van der Waals surface area contributed by atoms with Gasteiger partial charge in [0.15, 0.2) is 0 Å². The zero-order valence-electron chi connectivity index (χ0n) is 11.6. The van der Waals surface area contributed by atoms with Crippen molar-refractivity contribution >= 4 is 23.6 Å². The predicted octanol–water partition coefficient (Wildman–Crippen LogP) is 2.84. The lowest BCUT2D eigenvalue weighted by Gasteiger charge is -2.08. The second-order valence-electron chi connectivity index (χ2n) is 4.51. The van der Waals surface area contributed by atoms with Gasteiger partial charge in [0, 0.05) is 12.3 Å². The van der Waals surface area contributed by atoms with Crippen molar-refractivity contribution in [3.8, 4) is 5.69 Å². The van der Waals surface area contributed by atoms with Gasteiger partial charge >= 0.3 is 0 Å². The monoisotopic (exact) mass is 291 g/mol. The predicted molar refractivity (Wildman–Crippen MR) is 84.2 cm³/mol. The third-order valence-corrected chi connectivity index (χ3v) is 3.01. The van der Waals surface area contributed by atoms with Crippen molar-refractivity contribution in [2.45, 2.75) is 0 Å². The van der Waals surface area contributed by atoms with E-state index < -0.39 is 5.78 Å². The molecular formula is C16H13N5O. The fourth-order valence-electron chi connectivity index (χ4n) is 2.00. The Bertz CT molecular complexity index is 796. The first-order chi connectivity index (χ1) is 10.8. The van der Waals surface area contributed by atoms with Crippen LogP contribution in [0.5, 0.6) is 0 Å². The smallest absolute Gasteiger partial charge is 0.223 e. The summed E-state index contributed by atoms with van der Waals surface area (Å²) >= 11 is 0. The van der Waals surface area contributed by atoms with E-state index in [1.165, 1.54) is 0 Å². The molecule has 2 aromatic heterocycles. The molecule has 0 amide bonds. The van der Waals surface area contributed by atoms with Crippen LogP contribution in [-0.4, -0.2) is 26.8 Å². The van der Waals surface area contributed by atoms with Gasteiger partial charge in [0.2, 0.25) is 5.78 Å². The van der Waals surface area contributed by atoms with Gasteiger partial charge in [-0.1, -0.05) is 24.3 Å². The number of hydrogen-bond acceptors (Lipinski definition) is 5. The third kappa shape index (κ3) is 2.76. The number of nitrogens with zero attached hydrogens (tertiary/aromatic N) is 3. The van der Waals surface area contributed by atoms with E-state index in [1.807, 2.05) is 48.5 Å². The fraction of sp³-hybridized carbons (Fsp3) is 0. The van der Waals surface area contributed by atoms with Crippen molar-refractivity contribution in [1.29, 1.82) is 5.41 Å². The van der Waals surface area contributed by atoms with Gasteiger partial charge in [-0.3, -0.25) is 4.79 Å². The molecule has 6 heteroatoms. The van der Waals surface area contributed by atoms with E-state index in [9.17, 15) is 4.79 Å². The molecule has 0 aliphatic rings. The zero-order chi connectivity index (χ0) is 15.4. The maximum atomic E-state index is 11.7. The zero-order valence-corrected chi connectivity index (χ0v) is 11.6. The van der Waals surface area contributed by atoms with Crippen LogP contribution in [0.3, 0.4) is 0 Å². The Kier molecular flexibility index (Phi) is 3.74. The molecule has 0 bridgehead atoms. The number of para-hydroxylation sites is 1. The van der Waals surface area contributed by atoms with Gasteiger partial charge in [0.25, 0.3) is 0 Å². The average Bonchev–Trinajstić information content (AvgIpc) is 3.00. The molecule has 1 aromatic carbocycles. The normalized spacial score (nSPS) is 10.2. The van der Waals surface area contributed by atoms with Crippen LogP contribution in [0.1, 0.15) is 10.5 Å². The summed E-state index contributed by atoms with van der Waals surface area (Å²) < 4.78 is 1.62. The Labute approximate surface area is 126 Å². The molecule has 3 aromatic rings. The van der Waals surface area contributed by atoms with E-state index in [-0.39, 0.29) is 5.69 Å². The highest BCUT2D eigenvalue weighted by Gasteiger charge is 2.14. The van der Waals surface area contributed by atoms with Crippen molar-refractivity contribution in [1.82, 2.24) is 14.8 Å². The number of aromatic nitrogens is 3. The van der Waals surface area contributed by atoms with Crippen LogP contribution in [0.25, 0.3) is 5.69 Å². The minimum atomic E-state index is -0.446. The lowest BCUT2D eigenvalue weighted by molar-refractivity contribution is 0.106. The lowest BCUT2D eigenvalue weighted by atomic mass is 10.3. The number of pyridine rings is 1. The standard InChI is InChI=1S/C16H13N5O/c17-11-14(22)13-10-16(19-15-8-4-5-9-18-15)21(20-13)12-6-2-1-3-7-12/h1-11,17H,(H,18,19). The molecule has 0 spiro atoms. The number of ketones is 1. The van der Waals surface area contributed by atoms with Gasteiger partial charge in [-0.2, -0.15) is 5.10 Å². The summed E-state index contributed by atoms with van der Waals surface area (Å²) in [6, 6.07) is 16.6. The first kappa shape index (κ1) is 13.7. The SMILES string of the molecule is N=CC(=O)c1cc(Nc2ccccn2)n(-c2ccccc2)n1. The summed E-state index contributed by atoms with van der Waals surface area (Å²) in [5, 5.41) is 14.5. The van der Waals surface area contributed by atoms with Gasteiger partial charge in [-0.15, -0.1) is 0 Å².